The first-order valence-corrected chi connectivity index (χ1v) is 6.88. The molecule has 0 amide bonds. The topological polar surface area (TPSA) is 26.0 Å². The van der Waals surface area contributed by atoms with Crippen LogP contribution in [0.3, 0.4) is 0 Å². The van der Waals surface area contributed by atoms with Gasteiger partial charge in [0.05, 0.1) is 0 Å². The van der Waals surface area contributed by atoms with Gasteiger partial charge in [0.15, 0.2) is 0 Å². The number of hydrogen-bond donors (Lipinski definition) is 1. The lowest BCUT2D eigenvalue weighted by atomic mass is 9.80. The van der Waals surface area contributed by atoms with E-state index in [1.165, 1.54) is 33.4 Å². The van der Waals surface area contributed by atoms with Crippen molar-refractivity contribution < 1.29 is 0 Å². The molecule has 1 atom stereocenters. The summed E-state index contributed by atoms with van der Waals surface area (Å²) in [6.07, 6.45) is 1.02. The van der Waals surface area contributed by atoms with E-state index in [2.05, 4.69) is 55.4 Å². The number of benzene rings is 1. The molecule has 0 heterocycles. The Labute approximate surface area is 113 Å². The van der Waals surface area contributed by atoms with Crippen LogP contribution in [0, 0.1) is 40.0 Å². The summed E-state index contributed by atoms with van der Waals surface area (Å²) < 4.78 is 0. The second kappa shape index (κ2) is 5.05. The first-order valence-electron chi connectivity index (χ1n) is 6.88. The Kier molecular flexibility index (Phi) is 4.27. The van der Waals surface area contributed by atoms with Crippen LogP contribution in [-0.2, 0) is 0 Å². The minimum Gasteiger partial charge on any atom is -0.324 e. The molecule has 0 saturated carbocycles. The maximum Gasteiger partial charge on any atom is 0.0305 e. The van der Waals surface area contributed by atoms with Gasteiger partial charge in [0, 0.05) is 6.04 Å². The molecule has 2 N–H and O–H groups in total. The Hall–Kier alpha value is -0.820. The van der Waals surface area contributed by atoms with Crippen LogP contribution in [0.1, 0.15) is 66.6 Å². The lowest BCUT2D eigenvalue weighted by Crippen LogP contribution is -2.21. The van der Waals surface area contributed by atoms with Gasteiger partial charge in [-0.05, 0) is 79.8 Å². The fourth-order valence-corrected chi connectivity index (χ4v) is 2.85. The molecule has 0 saturated heterocycles. The maximum atomic E-state index is 6.47. The summed E-state index contributed by atoms with van der Waals surface area (Å²) in [5.41, 5.74) is 15.1. The van der Waals surface area contributed by atoms with Gasteiger partial charge in [-0.3, -0.25) is 0 Å². The number of nitrogens with two attached hydrogens (primary N) is 1. The molecule has 1 heteroatoms. The molecule has 102 valence electrons. The molecule has 1 rings (SSSR count). The summed E-state index contributed by atoms with van der Waals surface area (Å²) in [7, 11) is 0. The fraction of sp³-hybridized carbons (Fsp3) is 0.647. The summed E-state index contributed by atoms with van der Waals surface area (Å²) >= 11 is 0. The minimum absolute atomic E-state index is 0.142. The molecule has 0 aromatic heterocycles. The quantitative estimate of drug-likeness (QED) is 0.808. The molecule has 0 spiro atoms. The zero-order valence-electron chi connectivity index (χ0n) is 13.4. The summed E-state index contributed by atoms with van der Waals surface area (Å²) in [5, 5.41) is 0. The Morgan fingerprint density at radius 2 is 1.11 bits per heavy atom. The number of hydrogen-bond acceptors (Lipinski definition) is 1. The van der Waals surface area contributed by atoms with Crippen molar-refractivity contribution in [2.24, 2.45) is 11.1 Å². The average Bonchev–Trinajstić information content (AvgIpc) is 2.21. The normalized spacial score (nSPS) is 13.8. The van der Waals surface area contributed by atoms with Crippen molar-refractivity contribution in [2.45, 2.75) is 67.9 Å². The second-order valence-corrected chi connectivity index (χ2v) is 6.91. The predicted molar refractivity (Wildman–Crippen MR) is 81.1 cm³/mol. The fourth-order valence-electron chi connectivity index (χ4n) is 2.85. The molecule has 18 heavy (non-hydrogen) atoms. The van der Waals surface area contributed by atoms with Crippen LogP contribution < -0.4 is 5.73 Å². The van der Waals surface area contributed by atoms with Gasteiger partial charge in [-0.2, -0.15) is 0 Å². The van der Waals surface area contributed by atoms with Crippen molar-refractivity contribution in [1.29, 1.82) is 0 Å². The van der Waals surface area contributed by atoms with Gasteiger partial charge in [0.1, 0.15) is 0 Å². The van der Waals surface area contributed by atoms with E-state index in [1.54, 1.807) is 0 Å². The molecular weight excluding hydrogens is 218 g/mol. The molecule has 1 aromatic carbocycles. The zero-order valence-corrected chi connectivity index (χ0v) is 13.4. The highest BCUT2D eigenvalue weighted by atomic mass is 14.6. The molecule has 1 aromatic rings. The summed E-state index contributed by atoms with van der Waals surface area (Å²) in [5.74, 6) is 0. The van der Waals surface area contributed by atoms with Gasteiger partial charge in [0.25, 0.3) is 0 Å². The van der Waals surface area contributed by atoms with Gasteiger partial charge < -0.3 is 5.73 Å². The van der Waals surface area contributed by atoms with E-state index in [-0.39, 0.29) is 11.5 Å². The third-order valence-electron chi connectivity index (χ3n) is 4.26. The lowest BCUT2D eigenvalue weighted by Gasteiger charge is -2.28. The van der Waals surface area contributed by atoms with Crippen molar-refractivity contribution >= 4 is 0 Å². The van der Waals surface area contributed by atoms with Crippen molar-refractivity contribution in [3.63, 3.8) is 0 Å². The molecule has 0 bridgehead atoms. The molecular formula is C17H29N. The van der Waals surface area contributed by atoms with Crippen LogP contribution in [0.5, 0.6) is 0 Å². The van der Waals surface area contributed by atoms with Crippen molar-refractivity contribution in [1.82, 2.24) is 0 Å². The summed E-state index contributed by atoms with van der Waals surface area (Å²) in [4.78, 5) is 0. The van der Waals surface area contributed by atoms with Gasteiger partial charge in [-0.15, -0.1) is 0 Å². The largest absolute Gasteiger partial charge is 0.324 e. The van der Waals surface area contributed by atoms with E-state index >= 15 is 0 Å². The highest BCUT2D eigenvalue weighted by Gasteiger charge is 2.22. The van der Waals surface area contributed by atoms with Gasteiger partial charge in [0.2, 0.25) is 0 Å². The summed E-state index contributed by atoms with van der Waals surface area (Å²) in [6.45, 7) is 17.8. The van der Waals surface area contributed by atoms with E-state index in [0.717, 1.165) is 6.42 Å². The molecule has 1 unspecified atom stereocenters. The zero-order chi connectivity index (χ0) is 14.2. The van der Waals surface area contributed by atoms with Crippen LogP contribution in [-0.4, -0.2) is 0 Å². The minimum atomic E-state index is 0.142. The Morgan fingerprint density at radius 1 is 0.778 bits per heavy atom. The molecule has 0 radical (unpaired) electrons. The van der Waals surface area contributed by atoms with E-state index in [9.17, 15) is 0 Å². The van der Waals surface area contributed by atoms with Crippen LogP contribution in [0.15, 0.2) is 0 Å². The molecule has 1 nitrogen and oxygen atoms in total. The van der Waals surface area contributed by atoms with Crippen LogP contribution >= 0.6 is 0 Å². The van der Waals surface area contributed by atoms with E-state index in [4.69, 9.17) is 5.73 Å². The van der Waals surface area contributed by atoms with Crippen LogP contribution in [0.2, 0.25) is 0 Å². The highest BCUT2D eigenvalue weighted by Crippen LogP contribution is 2.34. The molecule has 0 aliphatic heterocycles. The SMILES string of the molecule is Cc1c(C)c(C)c(C(N)CC(C)(C)C)c(C)c1C. The molecule has 0 fully saturated rings. The molecule has 0 aliphatic carbocycles. The predicted octanol–water partition coefficient (Wildman–Crippen LogP) is 4.66. The summed E-state index contributed by atoms with van der Waals surface area (Å²) in [6, 6.07) is 0.142. The van der Waals surface area contributed by atoms with Gasteiger partial charge in [-0.1, -0.05) is 20.8 Å². The van der Waals surface area contributed by atoms with Crippen LogP contribution in [0.25, 0.3) is 0 Å². The first kappa shape index (κ1) is 15.2. The highest BCUT2D eigenvalue weighted by molar-refractivity contribution is 5.50. The van der Waals surface area contributed by atoms with Crippen molar-refractivity contribution in [3.8, 4) is 0 Å². The number of rotatable bonds is 2. The molecule has 0 aliphatic rings. The lowest BCUT2D eigenvalue weighted by molar-refractivity contribution is 0.341. The average molecular weight is 247 g/mol. The Morgan fingerprint density at radius 3 is 1.44 bits per heavy atom. The van der Waals surface area contributed by atoms with E-state index in [1.807, 2.05) is 0 Å². The smallest absolute Gasteiger partial charge is 0.0305 e. The Bertz CT molecular complexity index is 421. The Balaban J connectivity index is 3.33. The van der Waals surface area contributed by atoms with Crippen molar-refractivity contribution in [2.75, 3.05) is 0 Å². The van der Waals surface area contributed by atoms with Gasteiger partial charge in [-0.25, -0.2) is 0 Å². The third-order valence-corrected chi connectivity index (χ3v) is 4.26. The monoisotopic (exact) mass is 247 g/mol. The van der Waals surface area contributed by atoms with Crippen LogP contribution in [0.4, 0.5) is 0 Å². The van der Waals surface area contributed by atoms with E-state index in [0.29, 0.717) is 0 Å². The third kappa shape index (κ3) is 2.95. The maximum absolute atomic E-state index is 6.47. The first-order chi connectivity index (χ1) is 8.06. The van der Waals surface area contributed by atoms with Gasteiger partial charge >= 0.3 is 0 Å². The van der Waals surface area contributed by atoms with E-state index < -0.39 is 0 Å². The van der Waals surface area contributed by atoms with Crippen molar-refractivity contribution in [3.05, 3.63) is 33.4 Å². The standard InChI is InChI=1S/C17H29N/c1-10-11(2)13(4)16(14(5)12(10)3)15(18)9-17(6,7)8/h15H,9,18H2,1-8H3. The second-order valence-electron chi connectivity index (χ2n) is 6.91.